The summed E-state index contributed by atoms with van der Waals surface area (Å²) in [5.74, 6) is 0.492. The molecular formula is C22H30N2O5. The molecule has 2 aliphatic heterocycles. The molecule has 0 N–H and O–H groups in total. The zero-order chi connectivity index (χ0) is 20.8. The molecule has 0 spiro atoms. The van der Waals surface area contributed by atoms with Crippen LogP contribution in [0, 0.1) is 11.8 Å². The third-order valence-electron chi connectivity index (χ3n) is 5.87. The van der Waals surface area contributed by atoms with Crippen molar-refractivity contribution < 1.29 is 23.9 Å². The Kier molecular flexibility index (Phi) is 7.12. The third-order valence-corrected chi connectivity index (χ3v) is 5.87. The average molecular weight is 402 g/mol. The lowest BCUT2D eigenvalue weighted by Crippen LogP contribution is -2.47. The van der Waals surface area contributed by atoms with E-state index < -0.39 is 0 Å². The Bertz CT molecular complexity index is 734. The van der Waals surface area contributed by atoms with Crippen LogP contribution in [0.25, 0.3) is 0 Å². The molecule has 7 nitrogen and oxygen atoms in total. The first kappa shape index (κ1) is 21.1. The summed E-state index contributed by atoms with van der Waals surface area (Å²) in [6.07, 6.45) is 2.67. The Morgan fingerprint density at radius 1 is 0.966 bits per heavy atom. The van der Waals surface area contributed by atoms with Crippen LogP contribution in [0.1, 0.15) is 43.0 Å². The monoisotopic (exact) mass is 402 g/mol. The number of hydrogen-bond acceptors (Lipinski definition) is 5. The molecule has 2 fully saturated rings. The van der Waals surface area contributed by atoms with Crippen molar-refractivity contribution in [2.45, 2.75) is 32.6 Å². The van der Waals surface area contributed by atoms with Gasteiger partial charge in [0.1, 0.15) is 5.75 Å². The highest BCUT2D eigenvalue weighted by atomic mass is 16.5. The maximum absolute atomic E-state index is 12.9. The van der Waals surface area contributed by atoms with Gasteiger partial charge >= 0.3 is 5.97 Å². The number of hydrogen-bond donors (Lipinski definition) is 0. The number of nitrogens with zero attached hydrogens (tertiary/aromatic N) is 2. The molecule has 7 heteroatoms. The van der Waals surface area contributed by atoms with E-state index in [0.29, 0.717) is 69.8 Å². The quantitative estimate of drug-likeness (QED) is 0.707. The van der Waals surface area contributed by atoms with Gasteiger partial charge in [-0.25, -0.2) is 0 Å². The molecule has 2 aliphatic rings. The van der Waals surface area contributed by atoms with Gasteiger partial charge in [0.15, 0.2) is 0 Å². The van der Waals surface area contributed by atoms with E-state index in [2.05, 4.69) is 0 Å². The summed E-state index contributed by atoms with van der Waals surface area (Å²) in [6.45, 7) is 4.56. The number of benzene rings is 1. The van der Waals surface area contributed by atoms with Gasteiger partial charge in [-0.1, -0.05) is 6.07 Å². The fourth-order valence-electron chi connectivity index (χ4n) is 4.12. The van der Waals surface area contributed by atoms with Crippen LogP contribution in [-0.2, 0) is 14.3 Å². The van der Waals surface area contributed by atoms with Crippen LogP contribution in [0.2, 0.25) is 0 Å². The second kappa shape index (κ2) is 9.76. The minimum atomic E-state index is -0.149. The van der Waals surface area contributed by atoms with Gasteiger partial charge in [0.05, 0.1) is 19.6 Å². The summed E-state index contributed by atoms with van der Waals surface area (Å²) in [6, 6.07) is 7.15. The Labute approximate surface area is 171 Å². The van der Waals surface area contributed by atoms with Crippen LogP contribution < -0.4 is 4.74 Å². The van der Waals surface area contributed by atoms with Crippen molar-refractivity contribution in [3.05, 3.63) is 29.8 Å². The van der Waals surface area contributed by atoms with Crippen molar-refractivity contribution in [2.24, 2.45) is 11.8 Å². The van der Waals surface area contributed by atoms with Crippen molar-refractivity contribution in [2.75, 3.05) is 39.9 Å². The normalized spacial score (nSPS) is 18.4. The fourth-order valence-corrected chi connectivity index (χ4v) is 4.12. The summed E-state index contributed by atoms with van der Waals surface area (Å²) in [7, 11) is 1.58. The van der Waals surface area contributed by atoms with Gasteiger partial charge < -0.3 is 19.3 Å². The van der Waals surface area contributed by atoms with Crippen LogP contribution in [0.4, 0.5) is 0 Å². The summed E-state index contributed by atoms with van der Waals surface area (Å²) in [5.41, 5.74) is 0.607. The highest BCUT2D eigenvalue weighted by Gasteiger charge is 2.34. The molecule has 158 valence electrons. The van der Waals surface area contributed by atoms with Crippen LogP contribution in [0.15, 0.2) is 24.3 Å². The Balaban J connectivity index is 1.48. The van der Waals surface area contributed by atoms with Gasteiger partial charge in [-0.05, 0) is 50.8 Å². The molecule has 0 unspecified atom stereocenters. The lowest BCUT2D eigenvalue weighted by atomic mass is 9.92. The molecule has 0 bridgehead atoms. The first-order valence-corrected chi connectivity index (χ1v) is 10.4. The molecule has 0 radical (unpaired) electrons. The number of amides is 2. The Morgan fingerprint density at radius 2 is 1.59 bits per heavy atom. The molecule has 0 aromatic heterocycles. The van der Waals surface area contributed by atoms with Gasteiger partial charge in [0.2, 0.25) is 5.91 Å². The van der Waals surface area contributed by atoms with Crippen molar-refractivity contribution in [3.63, 3.8) is 0 Å². The number of ether oxygens (including phenoxy) is 2. The van der Waals surface area contributed by atoms with Gasteiger partial charge in [0, 0.05) is 37.7 Å². The molecule has 0 aliphatic carbocycles. The zero-order valence-electron chi connectivity index (χ0n) is 17.3. The molecule has 0 atom stereocenters. The summed E-state index contributed by atoms with van der Waals surface area (Å²) >= 11 is 0. The van der Waals surface area contributed by atoms with Crippen molar-refractivity contribution in [3.8, 4) is 5.75 Å². The standard InChI is InChI=1S/C22H30N2O5/c1-3-29-22(27)17-9-13-23(14-10-17)20(25)16-7-11-24(12-8-16)21(26)18-5-4-6-19(15-18)28-2/h4-6,15-17H,3,7-14H2,1-2H3. The number of esters is 1. The molecule has 2 amide bonds. The largest absolute Gasteiger partial charge is 0.497 e. The van der Waals surface area contributed by atoms with Crippen LogP contribution in [-0.4, -0.2) is 67.5 Å². The summed E-state index contributed by atoms with van der Waals surface area (Å²) < 4.78 is 10.3. The van der Waals surface area contributed by atoms with E-state index in [1.807, 2.05) is 28.9 Å². The van der Waals surface area contributed by atoms with E-state index in [1.54, 1.807) is 19.2 Å². The number of methoxy groups -OCH3 is 1. The maximum atomic E-state index is 12.9. The zero-order valence-corrected chi connectivity index (χ0v) is 17.3. The Morgan fingerprint density at radius 3 is 2.21 bits per heavy atom. The highest BCUT2D eigenvalue weighted by Crippen LogP contribution is 2.25. The number of piperidine rings is 2. The van der Waals surface area contributed by atoms with E-state index in [0.717, 1.165) is 0 Å². The van der Waals surface area contributed by atoms with E-state index in [1.165, 1.54) is 0 Å². The molecule has 1 aromatic carbocycles. The predicted molar refractivity (Wildman–Crippen MR) is 108 cm³/mol. The van der Waals surface area contributed by atoms with Crippen molar-refractivity contribution >= 4 is 17.8 Å². The third kappa shape index (κ3) is 5.08. The number of rotatable bonds is 5. The van der Waals surface area contributed by atoms with Gasteiger partial charge in [-0.2, -0.15) is 0 Å². The first-order valence-electron chi connectivity index (χ1n) is 10.4. The Hall–Kier alpha value is -2.57. The van der Waals surface area contributed by atoms with Crippen molar-refractivity contribution in [1.29, 1.82) is 0 Å². The highest BCUT2D eigenvalue weighted by molar-refractivity contribution is 5.94. The molecular weight excluding hydrogens is 372 g/mol. The van der Waals surface area contributed by atoms with Gasteiger partial charge in [-0.3, -0.25) is 14.4 Å². The van der Waals surface area contributed by atoms with Gasteiger partial charge in [-0.15, -0.1) is 0 Å². The van der Waals surface area contributed by atoms with Gasteiger partial charge in [0.25, 0.3) is 5.91 Å². The number of likely N-dealkylation sites (tertiary alicyclic amines) is 2. The van der Waals surface area contributed by atoms with E-state index in [9.17, 15) is 14.4 Å². The molecule has 0 saturated carbocycles. The fraction of sp³-hybridized carbons (Fsp3) is 0.591. The van der Waals surface area contributed by atoms with E-state index in [4.69, 9.17) is 9.47 Å². The maximum Gasteiger partial charge on any atom is 0.309 e. The molecule has 2 heterocycles. The second-order valence-corrected chi connectivity index (χ2v) is 7.65. The topological polar surface area (TPSA) is 76.2 Å². The van der Waals surface area contributed by atoms with Crippen LogP contribution >= 0.6 is 0 Å². The number of carbonyl (C=O) groups is 3. The summed E-state index contributed by atoms with van der Waals surface area (Å²) in [5, 5.41) is 0. The SMILES string of the molecule is CCOC(=O)C1CCN(C(=O)C2CCN(C(=O)c3cccc(OC)c3)CC2)CC1. The number of carbonyl (C=O) groups excluding carboxylic acids is 3. The van der Waals surface area contributed by atoms with Crippen LogP contribution in [0.3, 0.4) is 0 Å². The molecule has 29 heavy (non-hydrogen) atoms. The predicted octanol–water partition coefficient (Wildman–Crippen LogP) is 2.35. The first-order chi connectivity index (χ1) is 14.0. The smallest absolute Gasteiger partial charge is 0.309 e. The lowest BCUT2D eigenvalue weighted by molar-refractivity contribution is -0.152. The summed E-state index contributed by atoms with van der Waals surface area (Å²) in [4.78, 5) is 41.2. The molecule has 3 rings (SSSR count). The minimum Gasteiger partial charge on any atom is -0.497 e. The van der Waals surface area contributed by atoms with Crippen molar-refractivity contribution in [1.82, 2.24) is 9.80 Å². The minimum absolute atomic E-state index is 0.0231. The second-order valence-electron chi connectivity index (χ2n) is 7.65. The van der Waals surface area contributed by atoms with E-state index >= 15 is 0 Å². The average Bonchev–Trinajstić information content (AvgIpc) is 2.78. The lowest BCUT2D eigenvalue weighted by Gasteiger charge is -2.37. The van der Waals surface area contributed by atoms with E-state index in [-0.39, 0.29) is 29.6 Å². The van der Waals surface area contributed by atoms with Crippen LogP contribution in [0.5, 0.6) is 5.75 Å². The molecule has 2 saturated heterocycles. The molecule has 1 aromatic rings.